The van der Waals surface area contributed by atoms with Crippen LogP contribution in [0.2, 0.25) is 0 Å². The molecule has 38 heavy (non-hydrogen) atoms. The number of alkyl halides is 6. The minimum Gasteiger partial charge on any atom is -0.377 e. The van der Waals surface area contributed by atoms with Crippen molar-refractivity contribution < 1.29 is 44.3 Å². The van der Waals surface area contributed by atoms with Crippen LogP contribution in [0.15, 0.2) is 53.2 Å². The van der Waals surface area contributed by atoms with E-state index in [1.165, 1.54) is 23.0 Å². The van der Waals surface area contributed by atoms with Crippen LogP contribution in [0.25, 0.3) is 33.7 Å². The molecule has 0 saturated carbocycles. The fourth-order valence-corrected chi connectivity index (χ4v) is 3.79. The van der Waals surface area contributed by atoms with Gasteiger partial charge in [0, 0.05) is 16.7 Å². The molecule has 196 valence electrons. The molecule has 0 aliphatic rings. The maximum absolute atomic E-state index is 14.2. The summed E-state index contributed by atoms with van der Waals surface area (Å²) in [6, 6.07) is 5.85. The van der Waals surface area contributed by atoms with E-state index in [9.17, 15) is 35.1 Å². The average molecular weight is 541 g/mol. The number of aromatic amines is 1. The van der Waals surface area contributed by atoms with Crippen molar-refractivity contribution in [3.05, 3.63) is 77.2 Å². The van der Waals surface area contributed by atoms with Crippen LogP contribution in [0.3, 0.4) is 0 Å². The molecule has 0 fully saturated rings. The summed E-state index contributed by atoms with van der Waals surface area (Å²) in [5, 5.41) is 7.64. The summed E-state index contributed by atoms with van der Waals surface area (Å²) in [6.45, 7) is -0.197. The molecule has 3 heterocycles. The summed E-state index contributed by atoms with van der Waals surface area (Å²) in [4.78, 5) is 6.95. The first kappa shape index (κ1) is 25.1. The van der Waals surface area contributed by atoms with Gasteiger partial charge in [0.1, 0.15) is 22.6 Å². The molecule has 3 N–H and O–H groups in total. The molecule has 0 spiro atoms. The number of rotatable bonds is 4. The van der Waals surface area contributed by atoms with E-state index in [2.05, 4.69) is 20.2 Å². The molecule has 0 aliphatic heterocycles. The maximum atomic E-state index is 14.2. The number of nitrogens with one attached hydrogen (secondary N) is 1. The van der Waals surface area contributed by atoms with E-state index in [1.54, 1.807) is 0 Å². The van der Waals surface area contributed by atoms with E-state index in [0.717, 1.165) is 12.1 Å². The highest BCUT2D eigenvalue weighted by molar-refractivity contribution is 5.85. The van der Waals surface area contributed by atoms with Crippen LogP contribution in [-0.2, 0) is 18.9 Å². The molecule has 2 aromatic carbocycles. The van der Waals surface area contributed by atoms with Crippen LogP contribution in [0.1, 0.15) is 16.9 Å². The highest BCUT2D eigenvalue weighted by Gasteiger charge is 2.39. The Balaban J connectivity index is 1.47. The third-order valence-corrected chi connectivity index (χ3v) is 5.50. The molecule has 0 amide bonds. The monoisotopic (exact) mass is 541 g/mol. The lowest BCUT2D eigenvalue weighted by molar-refractivity contribution is -0.745. The van der Waals surface area contributed by atoms with Gasteiger partial charge in [0.2, 0.25) is 24.3 Å². The standard InChI is InChI=1S/C23H12F8N6O/c24-15-3-1-2-13(18(15)25)21-33-17-9-37(35-20(32)19(17)34-21)8-11-7-16(36-38-11)12-5-4-10(22(26,27)28)6-14(12)23(29,30)31/h1-7,9H,8H2,(H2,32,35)/p+1. The van der Waals surface area contributed by atoms with Gasteiger partial charge in [-0.3, -0.25) is 0 Å². The van der Waals surface area contributed by atoms with E-state index in [4.69, 9.17) is 10.3 Å². The van der Waals surface area contributed by atoms with Gasteiger partial charge >= 0.3 is 12.4 Å². The van der Waals surface area contributed by atoms with Gasteiger partial charge in [-0.2, -0.15) is 26.3 Å². The van der Waals surface area contributed by atoms with Crippen LogP contribution < -0.4 is 10.4 Å². The average Bonchev–Trinajstić information content (AvgIpc) is 3.47. The van der Waals surface area contributed by atoms with Crippen molar-refractivity contribution in [1.82, 2.24) is 20.2 Å². The number of imidazole rings is 1. The third-order valence-electron chi connectivity index (χ3n) is 5.50. The molecular formula is C23H13F8N6O+. The van der Waals surface area contributed by atoms with Crippen LogP contribution in [-0.4, -0.2) is 20.2 Å². The van der Waals surface area contributed by atoms with Gasteiger partial charge in [0.05, 0.1) is 16.7 Å². The number of hydrogen-bond donors (Lipinski definition) is 2. The maximum Gasteiger partial charge on any atom is 0.417 e. The second-order valence-electron chi connectivity index (χ2n) is 8.10. The lowest BCUT2D eigenvalue weighted by Crippen LogP contribution is -2.38. The Morgan fingerprint density at radius 2 is 1.71 bits per heavy atom. The Kier molecular flexibility index (Phi) is 5.80. The lowest BCUT2D eigenvalue weighted by Gasteiger charge is -2.14. The molecule has 0 saturated heterocycles. The van der Waals surface area contributed by atoms with Gasteiger partial charge in [0.25, 0.3) is 0 Å². The normalized spacial score (nSPS) is 12.4. The smallest absolute Gasteiger partial charge is 0.377 e. The van der Waals surface area contributed by atoms with Crippen LogP contribution in [0.4, 0.5) is 40.9 Å². The van der Waals surface area contributed by atoms with Crippen molar-refractivity contribution in [2.75, 3.05) is 5.73 Å². The lowest BCUT2D eigenvalue weighted by atomic mass is 10.0. The summed E-state index contributed by atoms with van der Waals surface area (Å²) in [6.07, 6.45) is -8.67. The van der Waals surface area contributed by atoms with E-state index in [0.29, 0.717) is 12.1 Å². The van der Waals surface area contributed by atoms with Gasteiger partial charge in [-0.1, -0.05) is 22.0 Å². The number of hydrogen-bond acceptors (Lipinski definition) is 5. The predicted molar refractivity (Wildman–Crippen MR) is 115 cm³/mol. The number of nitrogen functional groups attached to an aromatic ring is 1. The first-order chi connectivity index (χ1) is 17.8. The first-order valence-electron chi connectivity index (χ1n) is 10.6. The summed E-state index contributed by atoms with van der Waals surface area (Å²) in [5.74, 6) is -2.33. The number of halogens is 8. The van der Waals surface area contributed by atoms with E-state index in [1.807, 2.05) is 0 Å². The van der Waals surface area contributed by atoms with E-state index < -0.39 is 40.7 Å². The fraction of sp³-hybridized carbons (Fsp3) is 0.130. The minimum atomic E-state index is -5.09. The van der Waals surface area contributed by atoms with Crippen molar-refractivity contribution in [1.29, 1.82) is 0 Å². The van der Waals surface area contributed by atoms with Gasteiger partial charge in [-0.05, 0) is 24.3 Å². The van der Waals surface area contributed by atoms with Crippen molar-refractivity contribution in [3.8, 4) is 22.6 Å². The number of anilines is 1. The number of nitrogens with two attached hydrogens (primary N) is 1. The van der Waals surface area contributed by atoms with Crippen LogP contribution in [0.5, 0.6) is 0 Å². The Labute approximate surface area is 206 Å². The number of nitrogens with zero attached hydrogens (tertiary/aromatic N) is 4. The minimum absolute atomic E-state index is 0.000172. The van der Waals surface area contributed by atoms with Gasteiger partial charge in [0.15, 0.2) is 11.6 Å². The van der Waals surface area contributed by atoms with Crippen molar-refractivity contribution in [3.63, 3.8) is 0 Å². The molecule has 3 aromatic heterocycles. The second kappa shape index (κ2) is 8.78. The molecule has 0 atom stereocenters. The largest absolute Gasteiger partial charge is 0.417 e. The van der Waals surface area contributed by atoms with Crippen LogP contribution >= 0.6 is 0 Å². The topological polar surface area (TPSA) is 97.5 Å². The fourth-order valence-electron chi connectivity index (χ4n) is 3.79. The summed E-state index contributed by atoms with van der Waals surface area (Å²) in [7, 11) is 0. The Morgan fingerprint density at radius 3 is 2.42 bits per heavy atom. The van der Waals surface area contributed by atoms with E-state index in [-0.39, 0.29) is 52.3 Å². The summed E-state index contributed by atoms with van der Waals surface area (Å²) < 4.78 is 113. The molecule has 15 heteroatoms. The van der Waals surface area contributed by atoms with Crippen LogP contribution in [0, 0.1) is 11.6 Å². The number of benzene rings is 2. The van der Waals surface area contributed by atoms with Gasteiger partial charge < -0.3 is 15.2 Å². The van der Waals surface area contributed by atoms with E-state index >= 15 is 0 Å². The number of aromatic nitrogens is 5. The zero-order valence-electron chi connectivity index (χ0n) is 18.6. The molecule has 0 aliphatic carbocycles. The zero-order chi connectivity index (χ0) is 27.4. The second-order valence-corrected chi connectivity index (χ2v) is 8.10. The van der Waals surface area contributed by atoms with Crippen molar-refractivity contribution >= 4 is 16.9 Å². The molecule has 5 rings (SSSR count). The summed E-state index contributed by atoms with van der Waals surface area (Å²) >= 11 is 0. The Hall–Kier alpha value is -4.56. The number of H-pyrrole nitrogens is 1. The quantitative estimate of drug-likeness (QED) is 0.231. The first-order valence-corrected chi connectivity index (χ1v) is 10.6. The Morgan fingerprint density at radius 1 is 0.947 bits per heavy atom. The highest BCUT2D eigenvalue weighted by atomic mass is 19.4. The highest BCUT2D eigenvalue weighted by Crippen LogP contribution is 2.40. The molecular weight excluding hydrogens is 528 g/mol. The molecule has 0 unspecified atom stereocenters. The van der Waals surface area contributed by atoms with Crippen molar-refractivity contribution in [2.45, 2.75) is 18.9 Å². The third kappa shape index (κ3) is 4.62. The molecule has 0 radical (unpaired) electrons. The molecule has 0 bridgehead atoms. The van der Waals surface area contributed by atoms with Gasteiger partial charge in [-0.25, -0.2) is 13.8 Å². The zero-order valence-corrected chi connectivity index (χ0v) is 18.6. The SMILES string of the molecule is Nc1n[n+](Cc2cc(-c3ccc(C(F)(F)F)cc3C(F)(F)F)no2)cc2[nH]c(-c3cccc(F)c3F)nc12. The van der Waals surface area contributed by atoms with Crippen molar-refractivity contribution in [2.24, 2.45) is 0 Å². The number of fused-ring (bicyclic) bond motifs is 1. The Bertz CT molecular complexity index is 1670. The van der Waals surface area contributed by atoms with Gasteiger partial charge in [-0.15, -0.1) is 0 Å². The predicted octanol–water partition coefficient (Wildman–Crippen LogP) is 5.51. The summed E-state index contributed by atoms with van der Waals surface area (Å²) in [5.41, 5.74) is 2.27. The molecule has 7 nitrogen and oxygen atoms in total. The molecule has 5 aromatic rings.